The van der Waals surface area contributed by atoms with Crippen molar-refractivity contribution in [3.8, 4) is 11.5 Å². The molecule has 0 radical (unpaired) electrons. The van der Waals surface area contributed by atoms with E-state index < -0.39 is 23.1 Å². The lowest BCUT2D eigenvalue weighted by atomic mass is 9.69. The van der Waals surface area contributed by atoms with Gasteiger partial charge in [0.15, 0.2) is 5.79 Å². The van der Waals surface area contributed by atoms with Gasteiger partial charge >= 0.3 is 0 Å². The first-order valence-corrected chi connectivity index (χ1v) is 26.7. The number of aliphatic hydroxyl groups is 4. The Morgan fingerprint density at radius 1 is 0.592 bits per heavy atom. The number of allylic oxidation sites excluding steroid dienone is 2. The second kappa shape index (κ2) is 25.6. The SMILES string of the molecule is CCC(O)(/C=C(\C)c1ccc(C(CC)(CC)c2ccc(OC[C@@H](O)CO)c(C)c2)cc1C)CC.CCC(O)(/C=C(\C)c1ccc(C(CC)(CC)c2ccc(OC[C@@H]3COC(C)(C)O3)c(C)c2)cc1C)CC. The monoisotopic (exact) mass is 977 g/mol. The molecule has 4 aromatic carbocycles. The zero-order chi connectivity index (χ0) is 53.0. The number of hydrogen-bond acceptors (Lipinski definition) is 8. The van der Waals surface area contributed by atoms with Gasteiger partial charge in [0.1, 0.15) is 36.9 Å². The first kappa shape index (κ1) is 59.3. The van der Waals surface area contributed by atoms with Gasteiger partial charge in [-0.3, -0.25) is 0 Å². The first-order valence-electron chi connectivity index (χ1n) is 26.7. The zero-order valence-corrected chi connectivity index (χ0v) is 46.6. The van der Waals surface area contributed by atoms with Crippen LogP contribution in [0.1, 0.15) is 190 Å². The Morgan fingerprint density at radius 2 is 0.958 bits per heavy atom. The maximum Gasteiger partial charge on any atom is 0.163 e. The van der Waals surface area contributed by atoms with Crippen molar-refractivity contribution in [1.82, 2.24) is 0 Å². The fourth-order valence-corrected chi connectivity index (χ4v) is 10.6. The van der Waals surface area contributed by atoms with E-state index in [9.17, 15) is 15.3 Å². The quantitative estimate of drug-likeness (QED) is 0.0581. The molecule has 8 nitrogen and oxygen atoms in total. The van der Waals surface area contributed by atoms with Crippen LogP contribution in [0.4, 0.5) is 0 Å². The molecule has 1 aliphatic rings. The van der Waals surface area contributed by atoms with E-state index in [0.717, 1.165) is 59.5 Å². The molecule has 1 fully saturated rings. The summed E-state index contributed by atoms with van der Waals surface area (Å²) in [6, 6.07) is 26.5. The number of ether oxygens (including phenoxy) is 4. The van der Waals surface area contributed by atoms with E-state index in [-0.39, 0.29) is 30.1 Å². The van der Waals surface area contributed by atoms with Crippen molar-refractivity contribution in [2.24, 2.45) is 0 Å². The van der Waals surface area contributed by atoms with Gasteiger partial charge in [-0.15, -0.1) is 0 Å². The molecular formula is C63H92O8. The fourth-order valence-electron chi connectivity index (χ4n) is 10.6. The third kappa shape index (κ3) is 14.3. The van der Waals surface area contributed by atoms with E-state index in [2.05, 4.69) is 129 Å². The Bertz CT molecular complexity index is 2390. The molecule has 1 heterocycles. The van der Waals surface area contributed by atoms with Crippen LogP contribution in [0.15, 0.2) is 84.9 Å². The highest BCUT2D eigenvalue weighted by Gasteiger charge is 2.35. The van der Waals surface area contributed by atoms with E-state index >= 15 is 0 Å². The molecule has 0 bridgehead atoms. The molecule has 0 unspecified atom stereocenters. The number of aliphatic hydroxyl groups excluding tert-OH is 2. The van der Waals surface area contributed by atoms with Gasteiger partial charge in [-0.25, -0.2) is 0 Å². The van der Waals surface area contributed by atoms with Crippen LogP contribution < -0.4 is 9.47 Å². The van der Waals surface area contributed by atoms with Crippen molar-refractivity contribution < 1.29 is 39.4 Å². The lowest BCUT2D eigenvalue weighted by molar-refractivity contribution is -0.141. The van der Waals surface area contributed by atoms with E-state index in [1.54, 1.807) is 0 Å². The first-order chi connectivity index (χ1) is 33.5. The number of benzene rings is 4. The predicted octanol–water partition coefficient (Wildman–Crippen LogP) is 14.0. The molecule has 4 N–H and O–H groups in total. The Morgan fingerprint density at radius 3 is 1.27 bits per heavy atom. The Balaban J connectivity index is 0.000000310. The average Bonchev–Trinajstić information content (AvgIpc) is 3.72. The van der Waals surface area contributed by atoms with Crippen molar-refractivity contribution >= 4 is 11.1 Å². The van der Waals surface area contributed by atoms with Gasteiger partial charge in [-0.2, -0.15) is 0 Å². The standard InChI is InChI=1S/C33H48O4.C30H44O4/c1-10-32(34,11-2)20-25(7)29-16-14-26(18-23(29)5)33(12-3,13-4)27-15-17-30(24(6)19-27)35-21-28-22-36-31(8,9)37-28;1-8-29(33,9-2)18-23(7)27-14-12-24(16-21(27)5)30(10-3,11-4)25-13-15-28(22(6)17-25)34-20-26(32)19-31/h14-20,28,34H,10-13,21-22H2,1-9H3;12-18,26,31-33H,8-11,19-20H2,1-7H3/b25-20+;23-18+/t28-;26-/m10/s1. The summed E-state index contributed by atoms with van der Waals surface area (Å²) in [4.78, 5) is 0. The second-order valence-electron chi connectivity index (χ2n) is 20.8. The predicted molar refractivity (Wildman–Crippen MR) is 295 cm³/mol. The van der Waals surface area contributed by atoms with Crippen molar-refractivity contribution in [2.75, 3.05) is 26.4 Å². The highest BCUT2D eigenvalue weighted by molar-refractivity contribution is 5.69. The van der Waals surface area contributed by atoms with Crippen LogP contribution in [0.5, 0.6) is 11.5 Å². The van der Waals surface area contributed by atoms with E-state index in [4.69, 9.17) is 24.1 Å². The number of hydrogen-bond donors (Lipinski definition) is 4. The highest BCUT2D eigenvalue weighted by atomic mass is 16.7. The summed E-state index contributed by atoms with van der Waals surface area (Å²) < 4.78 is 23.4. The van der Waals surface area contributed by atoms with Gasteiger partial charge in [0.2, 0.25) is 0 Å². The smallest absolute Gasteiger partial charge is 0.163 e. The molecule has 71 heavy (non-hydrogen) atoms. The summed E-state index contributed by atoms with van der Waals surface area (Å²) in [6.45, 7) is 34.5. The molecule has 1 aliphatic heterocycles. The van der Waals surface area contributed by atoms with Crippen LogP contribution in [-0.4, -0.2) is 76.1 Å². The molecule has 0 aromatic heterocycles. The molecular weight excluding hydrogens is 885 g/mol. The Labute approximate surface area is 429 Å². The molecule has 0 aliphatic carbocycles. The average molecular weight is 977 g/mol. The number of rotatable bonds is 23. The van der Waals surface area contributed by atoms with E-state index in [1.165, 1.54) is 44.5 Å². The van der Waals surface area contributed by atoms with Crippen LogP contribution in [0.2, 0.25) is 0 Å². The summed E-state index contributed by atoms with van der Waals surface area (Å²) >= 11 is 0. The largest absolute Gasteiger partial charge is 0.491 e. The van der Waals surface area contributed by atoms with Crippen LogP contribution in [0.25, 0.3) is 11.1 Å². The van der Waals surface area contributed by atoms with Crippen molar-refractivity contribution in [3.05, 3.63) is 141 Å². The van der Waals surface area contributed by atoms with E-state index in [0.29, 0.717) is 38.9 Å². The summed E-state index contributed by atoms with van der Waals surface area (Å²) in [5.41, 5.74) is 12.7. The lowest BCUT2D eigenvalue weighted by Gasteiger charge is -2.34. The molecule has 392 valence electrons. The van der Waals surface area contributed by atoms with Crippen LogP contribution >= 0.6 is 0 Å². The van der Waals surface area contributed by atoms with Gasteiger partial charge in [0.25, 0.3) is 0 Å². The fraction of sp³-hybridized carbons (Fsp3) is 0.556. The maximum absolute atomic E-state index is 10.8. The molecule has 5 rings (SSSR count). The summed E-state index contributed by atoms with van der Waals surface area (Å²) in [5.74, 6) is 1.08. The second-order valence-corrected chi connectivity index (χ2v) is 20.8. The third-order valence-electron chi connectivity index (χ3n) is 15.8. The minimum atomic E-state index is -0.880. The van der Waals surface area contributed by atoms with Crippen molar-refractivity contribution in [3.63, 3.8) is 0 Å². The van der Waals surface area contributed by atoms with Crippen LogP contribution in [0, 0.1) is 27.7 Å². The summed E-state index contributed by atoms with van der Waals surface area (Å²) in [7, 11) is 0. The van der Waals surface area contributed by atoms with Gasteiger partial charge < -0.3 is 39.4 Å². The van der Waals surface area contributed by atoms with E-state index in [1.807, 2.05) is 66.7 Å². The normalized spacial score (nSPS) is 16.1. The Kier molecular flexibility index (Phi) is 21.4. The van der Waals surface area contributed by atoms with Crippen LogP contribution in [0.3, 0.4) is 0 Å². The lowest BCUT2D eigenvalue weighted by Crippen LogP contribution is -2.27. The van der Waals surface area contributed by atoms with Gasteiger partial charge in [0.05, 0.1) is 24.4 Å². The molecule has 0 saturated carbocycles. The van der Waals surface area contributed by atoms with Gasteiger partial charge in [-0.05, 0) is 198 Å². The van der Waals surface area contributed by atoms with Gasteiger partial charge in [0, 0.05) is 10.8 Å². The molecule has 1 saturated heterocycles. The van der Waals surface area contributed by atoms with Crippen molar-refractivity contribution in [2.45, 2.75) is 202 Å². The minimum Gasteiger partial charge on any atom is -0.491 e. The number of aryl methyl sites for hydroxylation is 4. The van der Waals surface area contributed by atoms with Crippen molar-refractivity contribution in [1.29, 1.82) is 0 Å². The molecule has 2 atom stereocenters. The molecule has 4 aromatic rings. The Hall–Kier alpha value is -4.28. The highest BCUT2D eigenvalue weighted by Crippen LogP contribution is 2.43. The summed E-state index contributed by atoms with van der Waals surface area (Å²) in [5, 5.41) is 40.2. The molecule has 8 heteroatoms. The van der Waals surface area contributed by atoms with Gasteiger partial charge in [-0.1, -0.05) is 116 Å². The maximum atomic E-state index is 10.8. The third-order valence-corrected chi connectivity index (χ3v) is 15.8. The zero-order valence-electron chi connectivity index (χ0n) is 46.6. The minimum absolute atomic E-state index is 0.0518. The molecule has 0 amide bonds. The topological polar surface area (TPSA) is 118 Å². The molecule has 0 spiro atoms. The summed E-state index contributed by atoms with van der Waals surface area (Å²) in [6.07, 6.45) is 9.88. The van der Waals surface area contributed by atoms with Crippen LogP contribution in [-0.2, 0) is 20.3 Å².